The van der Waals surface area contributed by atoms with Crippen LogP contribution in [-0.2, 0) is 0 Å². The lowest BCUT2D eigenvalue weighted by molar-refractivity contribution is 0.0950. The van der Waals surface area contributed by atoms with Gasteiger partial charge in [0.2, 0.25) is 0 Å². The Bertz CT molecular complexity index is 1010. The van der Waals surface area contributed by atoms with E-state index in [4.69, 9.17) is 14.5 Å². The number of carbonyl (C=O) groups excluding carboxylic acids is 1. The quantitative estimate of drug-likeness (QED) is 0.680. The van der Waals surface area contributed by atoms with E-state index < -0.39 is 0 Å². The maximum Gasteiger partial charge on any atom is 0.252 e. The SMILES string of the molecule is COc1ccc(-c2cc(C(=O)NCC(C)C)c3cc(C)ccc3n2)c(OC)c1. The molecule has 0 bridgehead atoms. The Balaban J connectivity index is 2.17. The number of pyridine rings is 1. The molecule has 146 valence electrons. The highest BCUT2D eigenvalue weighted by atomic mass is 16.5. The van der Waals surface area contributed by atoms with Gasteiger partial charge in [0.15, 0.2) is 0 Å². The number of amides is 1. The van der Waals surface area contributed by atoms with E-state index >= 15 is 0 Å². The van der Waals surface area contributed by atoms with Gasteiger partial charge in [-0.1, -0.05) is 25.5 Å². The number of carbonyl (C=O) groups is 1. The van der Waals surface area contributed by atoms with Crippen molar-refractivity contribution in [1.29, 1.82) is 0 Å². The van der Waals surface area contributed by atoms with Crippen molar-refractivity contribution in [3.63, 3.8) is 0 Å². The number of hydrogen-bond acceptors (Lipinski definition) is 4. The van der Waals surface area contributed by atoms with Crippen LogP contribution in [0.5, 0.6) is 11.5 Å². The highest BCUT2D eigenvalue weighted by Crippen LogP contribution is 2.34. The zero-order chi connectivity index (χ0) is 20.3. The molecule has 0 aliphatic rings. The molecule has 0 radical (unpaired) electrons. The molecule has 1 aromatic heterocycles. The van der Waals surface area contributed by atoms with Gasteiger partial charge in [0.25, 0.3) is 5.91 Å². The van der Waals surface area contributed by atoms with Crippen LogP contribution in [0.25, 0.3) is 22.2 Å². The second-order valence-electron chi connectivity index (χ2n) is 7.25. The molecule has 5 heteroatoms. The molecule has 0 saturated carbocycles. The van der Waals surface area contributed by atoms with Crippen LogP contribution in [0.3, 0.4) is 0 Å². The van der Waals surface area contributed by atoms with Gasteiger partial charge in [-0.05, 0) is 43.2 Å². The third-order valence-electron chi connectivity index (χ3n) is 4.56. The van der Waals surface area contributed by atoms with Crippen LogP contribution in [-0.4, -0.2) is 31.7 Å². The van der Waals surface area contributed by atoms with E-state index in [1.807, 2.05) is 49.4 Å². The minimum absolute atomic E-state index is 0.0968. The number of hydrogen-bond donors (Lipinski definition) is 1. The van der Waals surface area contributed by atoms with Crippen molar-refractivity contribution in [2.75, 3.05) is 20.8 Å². The first-order chi connectivity index (χ1) is 13.4. The fourth-order valence-corrected chi connectivity index (χ4v) is 3.07. The standard InChI is InChI=1S/C23H26N2O3/c1-14(2)13-24-23(26)19-12-21(25-20-9-6-15(3)10-18(19)20)17-8-7-16(27-4)11-22(17)28-5/h6-12,14H,13H2,1-5H3,(H,24,26). The van der Waals surface area contributed by atoms with Crippen molar-refractivity contribution < 1.29 is 14.3 Å². The molecule has 0 unspecified atom stereocenters. The summed E-state index contributed by atoms with van der Waals surface area (Å²) in [5.41, 5.74) is 3.97. The van der Waals surface area contributed by atoms with Crippen LogP contribution in [0.1, 0.15) is 29.8 Å². The average Bonchev–Trinajstić information content (AvgIpc) is 2.70. The van der Waals surface area contributed by atoms with Gasteiger partial charge in [-0.2, -0.15) is 0 Å². The first kappa shape index (κ1) is 19.7. The average molecular weight is 378 g/mol. The van der Waals surface area contributed by atoms with Crippen molar-refractivity contribution in [3.05, 3.63) is 53.6 Å². The van der Waals surface area contributed by atoms with Gasteiger partial charge in [-0.25, -0.2) is 4.98 Å². The van der Waals surface area contributed by atoms with Gasteiger partial charge in [0.05, 0.1) is 31.0 Å². The summed E-state index contributed by atoms with van der Waals surface area (Å²) in [6.45, 7) is 6.77. The minimum atomic E-state index is -0.0968. The second kappa shape index (κ2) is 8.30. The van der Waals surface area contributed by atoms with Crippen LogP contribution in [0.15, 0.2) is 42.5 Å². The molecule has 1 amide bonds. The lowest BCUT2D eigenvalue weighted by atomic mass is 10.0. The maximum absolute atomic E-state index is 12.9. The molecular weight excluding hydrogens is 352 g/mol. The molecule has 1 heterocycles. The number of aromatic nitrogens is 1. The number of nitrogens with one attached hydrogen (secondary N) is 1. The van der Waals surface area contributed by atoms with Crippen LogP contribution in [0, 0.1) is 12.8 Å². The van der Waals surface area contributed by atoms with Crippen molar-refractivity contribution >= 4 is 16.8 Å². The summed E-state index contributed by atoms with van der Waals surface area (Å²) in [5, 5.41) is 3.86. The Labute approximate surface area is 165 Å². The number of methoxy groups -OCH3 is 2. The highest BCUT2D eigenvalue weighted by molar-refractivity contribution is 6.07. The molecule has 5 nitrogen and oxygen atoms in total. The molecule has 0 aliphatic carbocycles. The second-order valence-corrected chi connectivity index (χ2v) is 7.25. The fraction of sp³-hybridized carbons (Fsp3) is 0.304. The van der Waals surface area contributed by atoms with Crippen LogP contribution in [0.4, 0.5) is 0 Å². The predicted molar refractivity (Wildman–Crippen MR) is 112 cm³/mol. The third kappa shape index (κ3) is 4.09. The number of rotatable bonds is 6. The van der Waals surface area contributed by atoms with Crippen LogP contribution >= 0.6 is 0 Å². The Morgan fingerprint density at radius 3 is 2.54 bits per heavy atom. The van der Waals surface area contributed by atoms with E-state index in [9.17, 15) is 4.79 Å². The maximum atomic E-state index is 12.9. The van der Waals surface area contributed by atoms with Gasteiger partial charge in [0, 0.05) is 23.6 Å². The summed E-state index contributed by atoms with van der Waals surface area (Å²) in [6, 6.07) is 13.4. The molecular formula is C23H26N2O3. The Morgan fingerprint density at radius 1 is 1.07 bits per heavy atom. The van der Waals surface area contributed by atoms with Gasteiger partial charge in [-0.3, -0.25) is 4.79 Å². The zero-order valence-corrected chi connectivity index (χ0v) is 17.0. The topological polar surface area (TPSA) is 60.5 Å². The Kier molecular flexibility index (Phi) is 5.83. The highest BCUT2D eigenvalue weighted by Gasteiger charge is 2.17. The number of aryl methyl sites for hydroxylation is 1. The van der Waals surface area contributed by atoms with E-state index in [1.165, 1.54) is 0 Å². The molecule has 2 aromatic carbocycles. The monoisotopic (exact) mass is 378 g/mol. The molecule has 0 spiro atoms. The smallest absolute Gasteiger partial charge is 0.252 e. The molecule has 3 aromatic rings. The summed E-state index contributed by atoms with van der Waals surface area (Å²) in [6.07, 6.45) is 0. The summed E-state index contributed by atoms with van der Waals surface area (Å²) in [7, 11) is 3.22. The van der Waals surface area contributed by atoms with Crippen LogP contribution in [0.2, 0.25) is 0 Å². The lowest BCUT2D eigenvalue weighted by Crippen LogP contribution is -2.27. The number of nitrogens with zero attached hydrogens (tertiary/aromatic N) is 1. The van der Waals surface area contributed by atoms with Gasteiger partial charge in [0.1, 0.15) is 11.5 Å². The van der Waals surface area contributed by atoms with Gasteiger partial charge in [-0.15, -0.1) is 0 Å². The largest absolute Gasteiger partial charge is 0.497 e. The van der Waals surface area contributed by atoms with Crippen molar-refractivity contribution in [2.45, 2.75) is 20.8 Å². The summed E-state index contributed by atoms with van der Waals surface area (Å²) in [4.78, 5) is 17.7. The molecule has 28 heavy (non-hydrogen) atoms. The normalized spacial score (nSPS) is 10.9. The molecule has 0 aliphatic heterocycles. The lowest BCUT2D eigenvalue weighted by Gasteiger charge is -2.14. The van der Waals surface area contributed by atoms with Crippen molar-refractivity contribution in [3.8, 4) is 22.8 Å². The molecule has 1 N–H and O–H groups in total. The third-order valence-corrected chi connectivity index (χ3v) is 4.56. The van der Waals surface area contributed by atoms with E-state index in [2.05, 4.69) is 19.2 Å². The van der Waals surface area contributed by atoms with Crippen LogP contribution < -0.4 is 14.8 Å². The summed E-state index contributed by atoms with van der Waals surface area (Å²) >= 11 is 0. The number of benzene rings is 2. The first-order valence-corrected chi connectivity index (χ1v) is 9.35. The fourth-order valence-electron chi connectivity index (χ4n) is 3.07. The van der Waals surface area contributed by atoms with E-state index in [0.717, 1.165) is 22.0 Å². The predicted octanol–water partition coefficient (Wildman–Crippen LogP) is 4.61. The van der Waals surface area contributed by atoms with Crippen molar-refractivity contribution in [1.82, 2.24) is 10.3 Å². The molecule has 0 saturated heterocycles. The zero-order valence-electron chi connectivity index (χ0n) is 17.0. The number of fused-ring (bicyclic) bond motifs is 1. The molecule has 0 atom stereocenters. The Hall–Kier alpha value is -3.08. The van der Waals surface area contributed by atoms with E-state index in [0.29, 0.717) is 35.2 Å². The van der Waals surface area contributed by atoms with Gasteiger partial charge >= 0.3 is 0 Å². The van der Waals surface area contributed by atoms with E-state index in [-0.39, 0.29) is 5.91 Å². The summed E-state index contributed by atoms with van der Waals surface area (Å²) < 4.78 is 10.8. The van der Waals surface area contributed by atoms with Crippen molar-refractivity contribution in [2.24, 2.45) is 5.92 Å². The number of ether oxygens (including phenoxy) is 2. The molecule has 0 fully saturated rings. The summed E-state index contributed by atoms with van der Waals surface area (Å²) in [5.74, 6) is 1.62. The first-order valence-electron chi connectivity index (χ1n) is 9.35. The minimum Gasteiger partial charge on any atom is -0.497 e. The van der Waals surface area contributed by atoms with E-state index in [1.54, 1.807) is 14.2 Å². The van der Waals surface area contributed by atoms with Gasteiger partial charge < -0.3 is 14.8 Å². The Morgan fingerprint density at radius 2 is 1.86 bits per heavy atom. The molecule has 3 rings (SSSR count).